The molecule has 0 unspecified atom stereocenters. The summed E-state index contributed by atoms with van der Waals surface area (Å²) in [5, 5.41) is 9.28. The van der Waals surface area contributed by atoms with Crippen molar-refractivity contribution in [1.82, 2.24) is 4.90 Å². The van der Waals surface area contributed by atoms with Gasteiger partial charge in [0.25, 0.3) is 0 Å². The first-order valence-electron chi connectivity index (χ1n) is 8.96. The second-order valence-corrected chi connectivity index (χ2v) is 8.69. The van der Waals surface area contributed by atoms with Crippen LogP contribution in [-0.2, 0) is 0 Å². The van der Waals surface area contributed by atoms with Crippen LogP contribution in [0.3, 0.4) is 0 Å². The molecule has 2 aliphatic rings. The molecule has 4 rings (SSSR count). The lowest BCUT2D eigenvalue weighted by Gasteiger charge is -2.45. The zero-order chi connectivity index (χ0) is 19.0. The molecule has 2 heterocycles. The first-order valence-corrected chi connectivity index (χ1v) is 10.4. The average molecular weight is 389 g/mol. The van der Waals surface area contributed by atoms with Crippen molar-refractivity contribution in [2.75, 3.05) is 28.2 Å². The van der Waals surface area contributed by atoms with Crippen LogP contribution < -0.4 is 8.61 Å². The van der Waals surface area contributed by atoms with Crippen LogP contribution in [0.15, 0.2) is 54.6 Å². The van der Waals surface area contributed by atoms with Gasteiger partial charge in [0.05, 0.1) is 17.1 Å². The lowest BCUT2D eigenvalue weighted by molar-refractivity contribution is 0.121. The fraction of sp³-hybridized carbons (Fsp3) is 0.316. The first kappa shape index (κ1) is 18.0. The minimum Gasteiger partial charge on any atom is -0.465 e. The highest BCUT2D eigenvalue weighted by Gasteiger charge is 2.42. The van der Waals surface area contributed by atoms with Gasteiger partial charge in [0.2, 0.25) is 0 Å². The maximum absolute atomic E-state index is 11.3. The summed E-state index contributed by atoms with van der Waals surface area (Å²) >= 11 is 0. The molecule has 1 amide bonds. The van der Waals surface area contributed by atoms with E-state index in [-0.39, 0.29) is 5.92 Å². The monoisotopic (exact) mass is 389 g/mol. The van der Waals surface area contributed by atoms with E-state index in [0.717, 1.165) is 24.2 Å². The third kappa shape index (κ3) is 3.20. The van der Waals surface area contributed by atoms with Gasteiger partial charge in [-0.15, -0.1) is 0 Å². The SMILES string of the molecule is O=C(O)N1CCC[C@@H](CN2c3ccccc3N(c3ccccc3)S2(O)O)C1. The fourth-order valence-electron chi connectivity index (χ4n) is 3.87. The number of nitrogens with zero attached hydrogens (tertiary/aromatic N) is 3. The lowest BCUT2D eigenvalue weighted by Crippen LogP contribution is -2.44. The lowest BCUT2D eigenvalue weighted by atomic mass is 9.98. The van der Waals surface area contributed by atoms with Crippen LogP contribution in [0.2, 0.25) is 0 Å². The van der Waals surface area contributed by atoms with Crippen LogP contribution in [0.4, 0.5) is 21.9 Å². The van der Waals surface area contributed by atoms with Gasteiger partial charge in [-0.05, 0) is 54.0 Å². The van der Waals surface area contributed by atoms with Crippen molar-refractivity contribution in [3.63, 3.8) is 0 Å². The summed E-state index contributed by atoms with van der Waals surface area (Å²) in [4.78, 5) is 12.7. The van der Waals surface area contributed by atoms with Crippen molar-refractivity contribution in [1.29, 1.82) is 0 Å². The average Bonchev–Trinajstić information content (AvgIpc) is 2.89. The van der Waals surface area contributed by atoms with Gasteiger partial charge in [0, 0.05) is 19.6 Å². The molecule has 3 N–H and O–H groups in total. The van der Waals surface area contributed by atoms with Crippen LogP contribution in [0.1, 0.15) is 12.8 Å². The van der Waals surface area contributed by atoms with Gasteiger partial charge in [-0.3, -0.25) is 13.4 Å². The molecule has 1 saturated heterocycles. The second kappa shape index (κ2) is 6.95. The molecule has 7 nitrogen and oxygen atoms in total. The molecule has 0 bridgehead atoms. The Labute approximate surface area is 160 Å². The molecule has 144 valence electrons. The predicted molar refractivity (Wildman–Crippen MR) is 108 cm³/mol. The number of likely N-dealkylation sites (tertiary alicyclic amines) is 1. The van der Waals surface area contributed by atoms with Gasteiger partial charge in [-0.1, -0.05) is 30.3 Å². The number of carbonyl (C=O) groups is 1. The van der Waals surface area contributed by atoms with Gasteiger partial charge in [0.15, 0.2) is 0 Å². The molecule has 0 aromatic heterocycles. The van der Waals surface area contributed by atoms with Crippen LogP contribution >= 0.6 is 11.0 Å². The molecule has 0 aliphatic carbocycles. The highest BCUT2D eigenvalue weighted by molar-refractivity contribution is 8.27. The van der Waals surface area contributed by atoms with Gasteiger partial charge < -0.3 is 10.0 Å². The minimum absolute atomic E-state index is 0.0461. The number of amides is 1. The van der Waals surface area contributed by atoms with Crippen LogP contribution in [-0.4, -0.2) is 44.8 Å². The van der Waals surface area contributed by atoms with Crippen molar-refractivity contribution >= 4 is 34.1 Å². The van der Waals surface area contributed by atoms with Crippen LogP contribution in [0.5, 0.6) is 0 Å². The summed E-state index contributed by atoms with van der Waals surface area (Å²) in [5.41, 5.74) is 2.21. The molecule has 2 aromatic carbocycles. The van der Waals surface area contributed by atoms with Gasteiger partial charge in [-0.25, -0.2) is 9.10 Å². The largest absolute Gasteiger partial charge is 0.465 e. The predicted octanol–water partition coefficient (Wildman–Crippen LogP) is 4.62. The van der Waals surface area contributed by atoms with E-state index in [4.69, 9.17) is 0 Å². The van der Waals surface area contributed by atoms with Crippen molar-refractivity contribution in [3.8, 4) is 0 Å². The number of anilines is 3. The van der Waals surface area contributed by atoms with E-state index in [9.17, 15) is 19.0 Å². The number of benzene rings is 2. The van der Waals surface area contributed by atoms with Crippen molar-refractivity contribution in [2.24, 2.45) is 5.92 Å². The third-order valence-corrected chi connectivity index (χ3v) is 6.95. The molecule has 0 radical (unpaired) electrons. The van der Waals surface area contributed by atoms with Gasteiger partial charge in [0.1, 0.15) is 0 Å². The highest BCUT2D eigenvalue weighted by Crippen LogP contribution is 2.64. The molecule has 0 saturated carbocycles. The third-order valence-electron chi connectivity index (χ3n) is 5.11. The van der Waals surface area contributed by atoms with Gasteiger partial charge in [-0.2, -0.15) is 0 Å². The Balaban J connectivity index is 1.66. The van der Waals surface area contributed by atoms with E-state index in [1.54, 1.807) is 8.61 Å². The number of piperidine rings is 1. The summed E-state index contributed by atoms with van der Waals surface area (Å²) in [6.07, 6.45) is 0.733. The highest BCUT2D eigenvalue weighted by atomic mass is 32.3. The Morgan fingerprint density at radius 3 is 2.41 bits per heavy atom. The van der Waals surface area contributed by atoms with Crippen molar-refractivity contribution < 1.29 is 19.0 Å². The van der Waals surface area contributed by atoms with Crippen LogP contribution in [0, 0.1) is 5.92 Å². The number of hydrogen-bond acceptors (Lipinski definition) is 5. The van der Waals surface area contributed by atoms with E-state index < -0.39 is 17.1 Å². The standard InChI is InChI=1S/C19H23N3O4S/c23-19(24)20-12-6-7-15(13-20)14-21-17-10-4-5-11-18(17)22(27(21,25)26)16-8-2-1-3-9-16/h1-5,8-11,15,25-26H,6-7,12-14H2,(H,23,24)/t15-/m1/s1. The zero-order valence-corrected chi connectivity index (χ0v) is 15.6. The summed E-state index contributed by atoms with van der Waals surface area (Å²) in [5.74, 6) is 0.0461. The number of para-hydroxylation sites is 3. The van der Waals surface area contributed by atoms with Crippen molar-refractivity contribution in [3.05, 3.63) is 54.6 Å². The summed E-state index contributed by atoms with van der Waals surface area (Å²) < 4.78 is 25.5. The Morgan fingerprint density at radius 2 is 1.70 bits per heavy atom. The van der Waals surface area contributed by atoms with E-state index >= 15 is 0 Å². The fourth-order valence-corrected chi connectivity index (χ4v) is 5.72. The van der Waals surface area contributed by atoms with E-state index in [1.807, 2.05) is 54.6 Å². The molecule has 1 atom stereocenters. The number of rotatable bonds is 3. The topological polar surface area (TPSA) is 87.5 Å². The van der Waals surface area contributed by atoms with E-state index in [2.05, 4.69) is 0 Å². The Morgan fingerprint density at radius 1 is 1.04 bits per heavy atom. The molecular formula is C19H23N3O4S. The zero-order valence-electron chi connectivity index (χ0n) is 14.8. The maximum Gasteiger partial charge on any atom is 0.407 e. The normalized spacial score (nSPS) is 22.4. The molecule has 0 spiro atoms. The Kier molecular flexibility index (Phi) is 4.63. The van der Waals surface area contributed by atoms with E-state index in [0.29, 0.717) is 25.3 Å². The molecule has 27 heavy (non-hydrogen) atoms. The van der Waals surface area contributed by atoms with Crippen molar-refractivity contribution in [2.45, 2.75) is 12.8 Å². The number of carboxylic acid groups (broad SMARTS) is 1. The minimum atomic E-state index is -3.28. The smallest absolute Gasteiger partial charge is 0.407 e. The Hall–Kier alpha value is -2.42. The summed E-state index contributed by atoms with van der Waals surface area (Å²) in [6.45, 7) is 1.34. The number of fused-ring (bicyclic) bond motifs is 1. The number of hydrogen-bond donors (Lipinski definition) is 3. The Bertz CT molecular complexity index is 833. The molecular weight excluding hydrogens is 366 g/mol. The first-order chi connectivity index (χ1) is 13.0. The van der Waals surface area contributed by atoms with E-state index in [1.165, 1.54) is 4.90 Å². The quantitative estimate of drug-likeness (QED) is 0.710. The molecule has 8 heteroatoms. The summed E-state index contributed by atoms with van der Waals surface area (Å²) in [6, 6.07) is 16.8. The molecule has 1 fully saturated rings. The second-order valence-electron chi connectivity index (χ2n) is 6.91. The summed E-state index contributed by atoms with van der Waals surface area (Å²) in [7, 11) is -3.28. The molecule has 2 aliphatic heterocycles. The van der Waals surface area contributed by atoms with Crippen LogP contribution in [0.25, 0.3) is 0 Å². The maximum atomic E-state index is 11.3. The molecule has 2 aromatic rings. The van der Waals surface area contributed by atoms with Gasteiger partial charge >= 0.3 is 6.09 Å².